The van der Waals surface area contributed by atoms with Crippen LogP contribution in [0.1, 0.15) is 12.8 Å². The molecule has 0 saturated heterocycles. The Labute approximate surface area is 126 Å². The number of hydrogen-bond acceptors (Lipinski definition) is 3. The average molecular weight is 290 g/mol. The average Bonchev–Trinajstić information content (AvgIpc) is 3.25. The summed E-state index contributed by atoms with van der Waals surface area (Å²) in [6.45, 7) is 0.758. The summed E-state index contributed by atoms with van der Waals surface area (Å²) in [6.07, 6.45) is 11.0. The van der Waals surface area contributed by atoms with Gasteiger partial charge in [-0.1, -0.05) is 0 Å². The van der Waals surface area contributed by atoms with E-state index in [-0.39, 0.29) is 0 Å². The van der Waals surface area contributed by atoms with Crippen LogP contribution in [0.25, 0.3) is 27.6 Å². The van der Waals surface area contributed by atoms with Gasteiger partial charge in [-0.2, -0.15) is 10.4 Å². The molecule has 22 heavy (non-hydrogen) atoms. The van der Waals surface area contributed by atoms with Crippen molar-refractivity contribution in [1.29, 1.82) is 5.26 Å². The number of nitrogens with zero attached hydrogens (tertiary/aromatic N) is 5. The summed E-state index contributed by atoms with van der Waals surface area (Å²) in [5.74, 6) is 0. The Morgan fingerprint density at radius 1 is 1.27 bits per heavy atom. The largest absolute Gasteiger partial charge is 0.346 e. The molecule has 0 spiro atoms. The number of nitrogens with one attached hydrogen (secondary N) is 1. The van der Waals surface area contributed by atoms with Gasteiger partial charge in [0.05, 0.1) is 23.5 Å². The van der Waals surface area contributed by atoms with Crippen molar-refractivity contribution in [2.24, 2.45) is 0 Å². The lowest BCUT2D eigenvalue weighted by molar-refractivity contribution is 0.585. The Bertz CT molecular complexity index is 981. The third kappa shape index (κ3) is 1.95. The normalized spacial score (nSPS) is 11.2. The molecule has 0 aliphatic rings. The molecule has 0 fully saturated rings. The van der Waals surface area contributed by atoms with Gasteiger partial charge in [0, 0.05) is 48.5 Å². The van der Waals surface area contributed by atoms with Crippen LogP contribution in [0, 0.1) is 11.3 Å². The number of nitriles is 1. The van der Waals surface area contributed by atoms with E-state index >= 15 is 0 Å². The lowest BCUT2D eigenvalue weighted by Gasteiger charge is -2.03. The molecule has 6 nitrogen and oxygen atoms in total. The Kier molecular flexibility index (Phi) is 2.90. The SMILES string of the molecule is N#CCCCn1cc(-n2ccc3cnc4[nH]ccc4c32)cn1. The summed E-state index contributed by atoms with van der Waals surface area (Å²) in [5.41, 5.74) is 3.03. The highest BCUT2D eigenvalue weighted by Gasteiger charge is 2.10. The first-order chi connectivity index (χ1) is 10.9. The van der Waals surface area contributed by atoms with Gasteiger partial charge in [-0.3, -0.25) is 4.68 Å². The number of unbranched alkanes of at least 4 members (excludes halogenated alkanes) is 1. The molecule has 108 valence electrons. The third-order valence-electron chi connectivity index (χ3n) is 3.80. The standard InChI is InChI=1S/C16H14N6/c17-5-1-2-7-21-11-13(10-20-21)22-8-4-12-9-19-16-14(15(12)22)3-6-18-16/h3-4,6,8-11H,1-2,7H2,(H,18,19). The van der Waals surface area contributed by atoms with Crippen molar-refractivity contribution < 1.29 is 0 Å². The van der Waals surface area contributed by atoms with Gasteiger partial charge in [0.15, 0.2) is 0 Å². The number of pyridine rings is 1. The minimum Gasteiger partial charge on any atom is -0.346 e. The van der Waals surface area contributed by atoms with Gasteiger partial charge < -0.3 is 9.55 Å². The van der Waals surface area contributed by atoms with E-state index in [1.165, 1.54) is 0 Å². The van der Waals surface area contributed by atoms with Crippen molar-refractivity contribution in [3.8, 4) is 11.8 Å². The number of rotatable bonds is 4. The second kappa shape index (κ2) is 5.04. The molecule has 4 heterocycles. The van der Waals surface area contributed by atoms with Gasteiger partial charge in [0.25, 0.3) is 0 Å². The molecule has 6 heteroatoms. The first-order valence-corrected chi connectivity index (χ1v) is 7.20. The monoisotopic (exact) mass is 290 g/mol. The fourth-order valence-corrected chi connectivity index (χ4v) is 2.76. The maximum atomic E-state index is 8.61. The van der Waals surface area contributed by atoms with E-state index < -0.39 is 0 Å². The van der Waals surface area contributed by atoms with Gasteiger partial charge in [-0.15, -0.1) is 0 Å². The molecule has 0 radical (unpaired) electrons. The van der Waals surface area contributed by atoms with E-state index in [2.05, 4.69) is 31.8 Å². The summed E-state index contributed by atoms with van der Waals surface area (Å²) < 4.78 is 4.01. The van der Waals surface area contributed by atoms with Crippen molar-refractivity contribution in [3.63, 3.8) is 0 Å². The number of aromatic amines is 1. The minimum absolute atomic E-state index is 0.553. The molecule has 0 amide bonds. The molecule has 0 aliphatic heterocycles. The summed E-state index contributed by atoms with van der Waals surface area (Å²) in [7, 11) is 0. The van der Waals surface area contributed by atoms with E-state index in [0.29, 0.717) is 6.42 Å². The topological polar surface area (TPSA) is 75.2 Å². The minimum atomic E-state index is 0.553. The van der Waals surface area contributed by atoms with Crippen molar-refractivity contribution >= 4 is 21.9 Å². The predicted octanol–water partition coefficient (Wildman–Crippen LogP) is 3.01. The van der Waals surface area contributed by atoms with Crippen LogP contribution in [-0.2, 0) is 6.54 Å². The van der Waals surface area contributed by atoms with Crippen LogP contribution in [0.2, 0.25) is 0 Å². The lowest BCUT2D eigenvalue weighted by Crippen LogP contribution is -1.97. The highest BCUT2D eigenvalue weighted by molar-refractivity contribution is 6.03. The lowest BCUT2D eigenvalue weighted by atomic mass is 10.2. The van der Waals surface area contributed by atoms with Crippen LogP contribution in [-0.4, -0.2) is 24.3 Å². The second-order valence-electron chi connectivity index (χ2n) is 5.21. The van der Waals surface area contributed by atoms with Gasteiger partial charge in [0.2, 0.25) is 0 Å². The van der Waals surface area contributed by atoms with Gasteiger partial charge >= 0.3 is 0 Å². The number of H-pyrrole nitrogens is 1. The zero-order chi connectivity index (χ0) is 14.9. The highest BCUT2D eigenvalue weighted by atomic mass is 15.3. The van der Waals surface area contributed by atoms with E-state index in [1.54, 1.807) is 0 Å². The van der Waals surface area contributed by atoms with Crippen molar-refractivity contribution in [3.05, 3.63) is 43.1 Å². The Morgan fingerprint density at radius 2 is 2.23 bits per heavy atom. The molecular weight excluding hydrogens is 276 g/mol. The summed E-state index contributed by atoms with van der Waals surface area (Å²) in [5, 5.41) is 15.2. The molecule has 0 unspecified atom stereocenters. The fourth-order valence-electron chi connectivity index (χ4n) is 2.76. The zero-order valence-electron chi connectivity index (χ0n) is 11.9. The number of fused-ring (bicyclic) bond motifs is 3. The predicted molar refractivity (Wildman–Crippen MR) is 83.6 cm³/mol. The molecule has 4 aromatic rings. The molecule has 0 bridgehead atoms. The van der Waals surface area contributed by atoms with Gasteiger partial charge in [0.1, 0.15) is 5.65 Å². The molecule has 0 aromatic carbocycles. The number of hydrogen-bond donors (Lipinski definition) is 1. The smallest absolute Gasteiger partial charge is 0.139 e. The molecule has 0 saturated carbocycles. The van der Waals surface area contributed by atoms with Crippen LogP contribution in [0.4, 0.5) is 0 Å². The van der Waals surface area contributed by atoms with E-state index in [0.717, 1.165) is 40.6 Å². The molecule has 1 N–H and O–H groups in total. The summed E-state index contributed by atoms with van der Waals surface area (Å²) in [4.78, 5) is 7.55. The van der Waals surface area contributed by atoms with E-state index in [9.17, 15) is 0 Å². The third-order valence-corrected chi connectivity index (χ3v) is 3.80. The van der Waals surface area contributed by atoms with Crippen molar-refractivity contribution in [2.45, 2.75) is 19.4 Å². The molecular formula is C16H14N6. The maximum Gasteiger partial charge on any atom is 0.139 e. The van der Waals surface area contributed by atoms with E-state index in [1.807, 2.05) is 41.7 Å². The second-order valence-corrected chi connectivity index (χ2v) is 5.21. The van der Waals surface area contributed by atoms with Crippen LogP contribution in [0.3, 0.4) is 0 Å². The number of aromatic nitrogens is 5. The molecule has 0 atom stereocenters. The zero-order valence-corrected chi connectivity index (χ0v) is 11.9. The first kappa shape index (κ1) is 12.7. The van der Waals surface area contributed by atoms with Gasteiger partial charge in [-0.05, 0) is 18.6 Å². The molecule has 4 rings (SSSR count). The summed E-state index contributed by atoms with van der Waals surface area (Å²) in [6, 6.07) is 6.25. The van der Waals surface area contributed by atoms with Gasteiger partial charge in [-0.25, -0.2) is 4.98 Å². The maximum absolute atomic E-state index is 8.61. The van der Waals surface area contributed by atoms with Crippen LogP contribution in [0.5, 0.6) is 0 Å². The first-order valence-electron chi connectivity index (χ1n) is 7.20. The van der Waals surface area contributed by atoms with E-state index in [4.69, 9.17) is 5.26 Å². The summed E-state index contributed by atoms with van der Waals surface area (Å²) >= 11 is 0. The van der Waals surface area contributed by atoms with Crippen LogP contribution < -0.4 is 0 Å². The van der Waals surface area contributed by atoms with Crippen molar-refractivity contribution in [2.75, 3.05) is 0 Å². The van der Waals surface area contributed by atoms with Crippen LogP contribution in [0.15, 0.2) is 43.1 Å². The Balaban J connectivity index is 1.78. The van der Waals surface area contributed by atoms with Crippen molar-refractivity contribution in [1.82, 2.24) is 24.3 Å². The Morgan fingerprint density at radius 3 is 3.14 bits per heavy atom. The Hall–Kier alpha value is -3.07. The fraction of sp³-hybridized carbons (Fsp3) is 0.188. The van der Waals surface area contributed by atoms with Crippen LogP contribution >= 0.6 is 0 Å². The molecule has 0 aliphatic carbocycles. The molecule has 4 aromatic heterocycles. The highest BCUT2D eigenvalue weighted by Crippen LogP contribution is 2.26. The number of aryl methyl sites for hydroxylation is 1. The quantitative estimate of drug-likeness (QED) is 0.587.